The van der Waals surface area contributed by atoms with E-state index in [-0.39, 0.29) is 6.15 Å². The molecular formula is C2H8NO6P. The average molecular weight is 173 g/mol. The number of hydrogen-bond donors (Lipinski definition) is 3. The quantitative estimate of drug-likeness (QED) is 0.463. The Kier molecular flexibility index (Phi) is 5.35. The van der Waals surface area contributed by atoms with Crippen molar-refractivity contribution in [3.8, 4) is 0 Å². The van der Waals surface area contributed by atoms with Crippen molar-refractivity contribution in [2.45, 2.75) is 0 Å². The van der Waals surface area contributed by atoms with Gasteiger partial charge in [0.1, 0.15) is 0 Å². The van der Waals surface area contributed by atoms with Crippen LogP contribution in [0.5, 0.6) is 0 Å². The highest BCUT2D eigenvalue weighted by Gasteiger charge is 2.04. The van der Waals surface area contributed by atoms with Gasteiger partial charge in [-0.2, -0.15) is 0 Å². The molecule has 0 aliphatic heterocycles. The van der Waals surface area contributed by atoms with Crippen LogP contribution in [0.2, 0.25) is 0 Å². The van der Waals surface area contributed by atoms with Crippen LogP contribution in [-0.4, -0.2) is 22.6 Å². The standard InChI is InChI=1S/C2H5O6P.H3N/c3-2(4)1-8-9(5,6)7;/h1H2,(H,3,4)(H2,5,6,7);1H3. The normalized spacial score (nSPS) is 15.0. The lowest BCUT2D eigenvalue weighted by molar-refractivity contribution is -0.220. The van der Waals surface area contributed by atoms with E-state index in [2.05, 4.69) is 4.52 Å². The number of aliphatic carboxylic acids is 1. The van der Waals surface area contributed by atoms with E-state index in [0.29, 0.717) is 0 Å². The summed E-state index contributed by atoms with van der Waals surface area (Å²) in [5.41, 5.74) is 0. The van der Waals surface area contributed by atoms with Gasteiger partial charge in [0.2, 0.25) is 0 Å². The summed E-state index contributed by atoms with van der Waals surface area (Å²) < 4.78 is 13.1. The number of phosphoric ester groups is 1. The Balaban J connectivity index is 0. The Labute approximate surface area is 56.4 Å². The van der Waals surface area contributed by atoms with Crippen molar-refractivity contribution in [1.82, 2.24) is 6.15 Å². The molecule has 0 aromatic rings. The Hall–Kier alpha value is -0.460. The van der Waals surface area contributed by atoms with Gasteiger partial charge in [0.15, 0.2) is 6.61 Å². The Bertz CT molecular complexity index is 150. The van der Waals surface area contributed by atoms with Crippen molar-refractivity contribution in [3.63, 3.8) is 0 Å². The van der Waals surface area contributed by atoms with Crippen LogP contribution >= 0.6 is 7.82 Å². The van der Waals surface area contributed by atoms with Gasteiger partial charge in [-0.3, -0.25) is 4.57 Å². The molecule has 0 heterocycles. The zero-order valence-electron chi connectivity index (χ0n) is 5.18. The molecule has 1 unspecified atom stereocenters. The average Bonchev–Trinajstić information content (AvgIpc) is 1.59. The second-order valence-corrected chi connectivity index (χ2v) is 2.33. The minimum absolute atomic E-state index is 0. The summed E-state index contributed by atoms with van der Waals surface area (Å²) in [6, 6.07) is 0. The molecule has 1 atom stereocenters. The molecule has 0 aliphatic rings. The fourth-order valence-electron chi connectivity index (χ4n) is 0.137. The molecule has 0 rings (SSSR count). The number of carboxylic acids is 1. The van der Waals surface area contributed by atoms with E-state index in [0.717, 1.165) is 0 Å². The lowest BCUT2D eigenvalue weighted by Gasteiger charge is -2.12. The molecule has 0 radical (unpaired) electrons. The lowest BCUT2D eigenvalue weighted by atomic mass is 10.8. The maximum atomic E-state index is 9.63. The minimum Gasteiger partial charge on any atom is -0.756 e. The van der Waals surface area contributed by atoms with Crippen LogP contribution in [0.4, 0.5) is 0 Å². The third kappa shape index (κ3) is 10.5. The van der Waals surface area contributed by atoms with Gasteiger partial charge >= 0.3 is 5.97 Å². The molecule has 0 aromatic heterocycles. The number of hydrogen-bond acceptors (Lipinski definition) is 4. The maximum Gasteiger partial charge on any atom is 0.330 e. The van der Waals surface area contributed by atoms with Crippen molar-refractivity contribution in [1.29, 1.82) is 0 Å². The van der Waals surface area contributed by atoms with Gasteiger partial charge < -0.3 is 25.6 Å². The van der Waals surface area contributed by atoms with Gasteiger partial charge in [0, 0.05) is 0 Å². The highest BCUT2D eigenvalue weighted by Crippen LogP contribution is 2.29. The number of phosphoric acid groups is 1. The molecule has 10 heavy (non-hydrogen) atoms. The maximum absolute atomic E-state index is 9.63. The lowest BCUT2D eigenvalue weighted by Crippen LogP contribution is -2.10. The number of quaternary nitrogens is 1. The van der Waals surface area contributed by atoms with Gasteiger partial charge in [0.25, 0.3) is 7.82 Å². The molecule has 6 N–H and O–H groups in total. The fraction of sp³-hybridized carbons (Fsp3) is 0.500. The van der Waals surface area contributed by atoms with Gasteiger partial charge in [-0.05, 0) is 0 Å². The highest BCUT2D eigenvalue weighted by molar-refractivity contribution is 7.44. The predicted molar refractivity (Wildman–Crippen MR) is 29.4 cm³/mol. The molecule has 8 heteroatoms. The molecule has 0 aromatic carbocycles. The predicted octanol–water partition coefficient (Wildman–Crippen LogP) is -1.08. The van der Waals surface area contributed by atoms with Gasteiger partial charge in [0.05, 0.1) is 0 Å². The van der Waals surface area contributed by atoms with E-state index in [1.807, 2.05) is 0 Å². The van der Waals surface area contributed by atoms with Crippen molar-refractivity contribution in [2.75, 3.05) is 6.61 Å². The summed E-state index contributed by atoms with van der Waals surface area (Å²) in [5.74, 6) is -1.46. The first-order valence-corrected chi connectivity index (χ1v) is 3.31. The molecule has 0 fully saturated rings. The van der Waals surface area contributed by atoms with E-state index in [9.17, 15) is 14.3 Å². The zero-order chi connectivity index (χ0) is 7.49. The van der Waals surface area contributed by atoms with Crippen LogP contribution < -0.4 is 11.0 Å². The topological polar surface area (TPSA) is 143 Å². The second kappa shape index (κ2) is 4.37. The summed E-state index contributed by atoms with van der Waals surface area (Å²) >= 11 is 0. The van der Waals surface area contributed by atoms with Gasteiger partial charge in [-0.1, -0.05) is 0 Å². The minimum atomic E-state index is -4.85. The van der Waals surface area contributed by atoms with Crippen LogP contribution in [0, 0.1) is 0 Å². The summed E-state index contributed by atoms with van der Waals surface area (Å²) in [4.78, 5) is 27.0. The Morgan fingerprint density at radius 3 is 2.20 bits per heavy atom. The molecule has 0 bridgehead atoms. The molecule has 0 amide bonds. The van der Waals surface area contributed by atoms with Crippen LogP contribution in [0.15, 0.2) is 0 Å². The SMILES string of the molecule is O=C(O)COP(=O)([O-])O.[NH4+]. The largest absolute Gasteiger partial charge is 0.756 e. The van der Waals surface area contributed by atoms with E-state index in [4.69, 9.17) is 10.00 Å². The van der Waals surface area contributed by atoms with Crippen molar-refractivity contribution < 1.29 is 28.8 Å². The van der Waals surface area contributed by atoms with Crippen molar-refractivity contribution >= 4 is 13.8 Å². The third-order valence-electron chi connectivity index (χ3n) is 0.351. The smallest absolute Gasteiger partial charge is 0.330 e. The molecule has 0 saturated carbocycles. The van der Waals surface area contributed by atoms with Crippen molar-refractivity contribution in [3.05, 3.63) is 0 Å². The van der Waals surface area contributed by atoms with E-state index >= 15 is 0 Å². The molecule has 0 spiro atoms. The van der Waals surface area contributed by atoms with Gasteiger partial charge in [-0.25, -0.2) is 4.79 Å². The van der Waals surface area contributed by atoms with E-state index in [1.165, 1.54) is 0 Å². The monoisotopic (exact) mass is 173 g/mol. The first-order chi connectivity index (χ1) is 3.92. The van der Waals surface area contributed by atoms with Crippen LogP contribution in [0.25, 0.3) is 0 Å². The highest BCUT2D eigenvalue weighted by atomic mass is 31.2. The first kappa shape index (κ1) is 12.2. The van der Waals surface area contributed by atoms with E-state index < -0.39 is 20.4 Å². The summed E-state index contributed by atoms with van der Waals surface area (Å²) in [6.07, 6.45) is 0. The first-order valence-electron chi connectivity index (χ1n) is 1.82. The van der Waals surface area contributed by atoms with Crippen LogP contribution in [0.3, 0.4) is 0 Å². The van der Waals surface area contributed by atoms with E-state index in [1.54, 1.807) is 0 Å². The molecule has 0 saturated heterocycles. The van der Waals surface area contributed by atoms with Crippen LogP contribution in [0.1, 0.15) is 0 Å². The van der Waals surface area contributed by atoms with Gasteiger partial charge in [-0.15, -0.1) is 0 Å². The third-order valence-corrected chi connectivity index (χ3v) is 0.807. The van der Waals surface area contributed by atoms with Crippen molar-refractivity contribution in [2.24, 2.45) is 0 Å². The van der Waals surface area contributed by atoms with Crippen LogP contribution in [-0.2, 0) is 13.9 Å². The molecule has 0 aliphatic carbocycles. The fourth-order valence-corrected chi connectivity index (χ4v) is 0.410. The number of carbonyl (C=O) groups is 1. The molecule has 62 valence electrons. The summed E-state index contributed by atoms with van der Waals surface area (Å²) in [7, 11) is -4.85. The second-order valence-electron chi connectivity index (χ2n) is 1.14. The summed E-state index contributed by atoms with van der Waals surface area (Å²) in [5, 5.41) is 7.78. The Morgan fingerprint density at radius 1 is 1.70 bits per heavy atom. The molecular weight excluding hydrogens is 165 g/mol. The molecule has 7 nitrogen and oxygen atoms in total. The number of rotatable bonds is 3. The summed E-state index contributed by atoms with van der Waals surface area (Å²) in [6.45, 7) is -1.04. The zero-order valence-corrected chi connectivity index (χ0v) is 6.08. The number of carboxylic acid groups (broad SMARTS) is 1. The Morgan fingerprint density at radius 2 is 2.10 bits per heavy atom.